The van der Waals surface area contributed by atoms with E-state index in [-0.39, 0.29) is 12.2 Å². The third kappa shape index (κ3) is 4.26. The maximum absolute atomic E-state index is 10.4. The van der Waals surface area contributed by atoms with E-state index < -0.39 is 18.1 Å². The molecule has 0 aliphatic rings. The minimum atomic E-state index is -1.45. The molecule has 6 nitrogen and oxygen atoms in total. The van der Waals surface area contributed by atoms with E-state index in [1.54, 1.807) is 5.32 Å². The molecule has 0 heterocycles. The predicted octanol–water partition coefficient (Wildman–Crippen LogP) is -0.314. The van der Waals surface area contributed by atoms with Crippen LogP contribution in [0.2, 0.25) is 0 Å². The number of carbonyl (C=O) groups excluding carboxylic acids is 1. The van der Waals surface area contributed by atoms with Gasteiger partial charge in [0.25, 0.3) is 0 Å². The van der Waals surface area contributed by atoms with Crippen LogP contribution in [0, 0.1) is 0 Å². The van der Waals surface area contributed by atoms with Crippen molar-refractivity contribution >= 4 is 17.8 Å². The molecule has 0 spiro atoms. The van der Waals surface area contributed by atoms with Crippen LogP contribution in [0.25, 0.3) is 0 Å². The third-order valence-corrected chi connectivity index (χ3v) is 1.09. The van der Waals surface area contributed by atoms with Gasteiger partial charge < -0.3 is 15.5 Å². The van der Waals surface area contributed by atoms with Gasteiger partial charge in [-0.15, -0.1) is 0 Å². The Morgan fingerprint density at radius 1 is 1.33 bits per heavy atom. The number of aliphatic carboxylic acids is 1. The van der Waals surface area contributed by atoms with Crippen molar-refractivity contribution in [1.29, 1.82) is 0 Å². The van der Waals surface area contributed by atoms with Crippen LogP contribution in [0.15, 0.2) is 0 Å². The second-order valence-corrected chi connectivity index (χ2v) is 2.25. The summed E-state index contributed by atoms with van der Waals surface area (Å²) < 4.78 is 0. The lowest BCUT2D eigenvalue weighted by Gasteiger charge is -2.08. The quantitative estimate of drug-likeness (QED) is 0.543. The number of ketones is 1. The second kappa shape index (κ2) is 4.32. The summed E-state index contributed by atoms with van der Waals surface area (Å²) in [7, 11) is 0. The van der Waals surface area contributed by atoms with Crippen LogP contribution in [-0.4, -0.2) is 34.1 Å². The zero-order valence-electron chi connectivity index (χ0n) is 6.40. The van der Waals surface area contributed by atoms with Gasteiger partial charge in [0.05, 0.1) is 0 Å². The number of hydrogen-bond acceptors (Lipinski definition) is 3. The number of carboxylic acid groups (broad SMARTS) is 2. The molecule has 0 aromatic rings. The Kier molecular flexibility index (Phi) is 3.75. The Labute approximate surface area is 68.2 Å². The van der Waals surface area contributed by atoms with Gasteiger partial charge in [-0.3, -0.25) is 4.79 Å². The first-order valence-corrected chi connectivity index (χ1v) is 3.15. The fraction of sp³-hybridized carbons (Fsp3) is 0.500. The van der Waals surface area contributed by atoms with Crippen LogP contribution in [-0.2, 0) is 9.59 Å². The number of amides is 1. The van der Waals surface area contributed by atoms with Crippen LogP contribution < -0.4 is 5.32 Å². The summed E-state index contributed by atoms with van der Waals surface area (Å²) in [6.07, 6.45) is -1.79. The highest BCUT2D eigenvalue weighted by Gasteiger charge is 2.20. The average molecular weight is 175 g/mol. The first-order chi connectivity index (χ1) is 5.43. The van der Waals surface area contributed by atoms with E-state index in [0.717, 1.165) is 0 Å². The Morgan fingerprint density at radius 3 is 2.08 bits per heavy atom. The van der Waals surface area contributed by atoms with E-state index in [4.69, 9.17) is 10.2 Å². The number of rotatable bonds is 4. The lowest BCUT2D eigenvalue weighted by atomic mass is 10.1. The highest BCUT2D eigenvalue weighted by molar-refractivity contribution is 5.86. The van der Waals surface area contributed by atoms with Gasteiger partial charge in [-0.2, -0.15) is 0 Å². The molecule has 3 N–H and O–H groups in total. The van der Waals surface area contributed by atoms with Gasteiger partial charge in [0.2, 0.25) is 0 Å². The molecule has 1 unspecified atom stereocenters. The molecule has 0 aromatic carbocycles. The molecule has 1 amide bonds. The predicted molar refractivity (Wildman–Crippen MR) is 37.9 cm³/mol. The van der Waals surface area contributed by atoms with Gasteiger partial charge in [-0.25, -0.2) is 9.59 Å². The molecule has 0 rings (SSSR count). The number of carbonyl (C=O) groups is 3. The fourth-order valence-electron chi connectivity index (χ4n) is 0.637. The summed E-state index contributed by atoms with van der Waals surface area (Å²) in [6, 6.07) is -1.35. The van der Waals surface area contributed by atoms with Crippen molar-refractivity contribution in [1.82, 2.24) is 5.32 Å². The number of hydrogen-bond donors (Lipinski definition) is 3. The van der Waals surface area contributed by atoms with E-state index in [1.807, 2.05) is 0 Å². The molecule has 0 saturated heterocycles. The monoisotopic (exact) mass is 175 g/mol. The Bertz CT molecular complexity index is 196. The van der Waals surface area contributed by atoms with Crippen LogP contribution in [0.1, 0.15) is 13.3 Å². The van der Waals surface area contributed by atoms with Crippen molar-refractivity contribution in [2.24, 2.45) is 0 Å². The van der Waals surface area contributed by atoms with Gasteiger partial charge in [-0.05, 0) is 6.92 Å². The molecular weight excluding hydrogens is 166 g/mol. The maximum Gasteiger partial charge on any atom is 0.405 e. The molecule has 12 heavy (non-hydrogen) atoms. The molecule has 0 fully saturated rings. The molecular formula is C6H9NO5. The Hall–Kier alpha value is -1.59. The van der Waals surface area contributed by atoms with E-state index in [1.165, 1.54) is 6.92 Å². The SMILES string of the molecule is CC(=O)CC(NC(=O)O)C(=O)O. The Morgan fingerprint density at radius 2 is 1.83 bits per heavy atom. The first kappa shape index (κ1) is 10.4. The molecule has 1 atom stereocenters. The van der Waals surface area contributed by atoms with Crippen molar-refractivity contribution in [3.8, 4) is 0 Å². The summed E-state index contributed by atoms with van der Waals surface area (Å²) in [4.78, 5) is 30.7. The van der Waals surface area contributed by atoms with Crippen molar-refractivity contribution in [2.45, 2.75) is 19.4 Å². The van der Waals surface area contributed by atoms with Gasteiger partial charge in [0, 0.05) is 6.42 Å². The third-order valence-electron chi connectivity index (χ3n) is 1.09. The topological polar surface area (TPSA) is 104 Å². The summed E-state index contributed by atoms with van der Waals surface area (Å²) >= 11 is 0. The van der Waals surface area contributed by atoms with E-state index in [9.17, 15) is 14.4 Å². The molecule has 68 valence electrons. The summed E-state index contributed by atoms with van der Waals surface area (Å²) in [6.45, 7) is 1.19. The molecule has 6 heteroatoms. The minimum Gasteiger partial charge on any atom is -0.480 e. The first-order valence-electron chi connectivity index (χ1n) is 3.15. The zero-order valence-corrected chi connectivity index (χ0v) is 6.40. The van der Waals surface area contributed by atoms with Gasteiger partial charge in [-0.1, -0.05) is 0 Å². The normalized spacial score (nSPS) is 11.8. The summed E-state index contributed by atoms with van der Waals surface area (Å²) in [5.74, 6) is -1.73. The standard InChI is InChI=1S/C6H9NO5/c1-3(8)2-4(5(9)10)7-6(11)12/h4,7H,2H2,1H3,(H,9,10)(H,11,12). The number of Topliss-reactive ketones (excluding diaryl/α,β-unsaturated/α-hetero) is 1. The van der Waals surface area contributed by atoms with Crippen molar-refractivity contribution in [2.75, 3.05) is 0 Å². The largest absolute Gasteiger partial charge is 0.480 e. The van der Waals surface area contributed by atoms with E-state index in [2.05, 4.69) is 0 Å². The van der Waals surface area contributed by atoms with Crippen molar-refractivity contribution in [3.05, 3.63) is 0 Å². The Balaban J connectivity index is 4.14. The van der Waals surface area contributed by atoms with E-state index >= 15 is 0 Å². The lowest BCUT2D eigenvalue weighted by molar-refractivity contribution is -0.140. The molecule has 0 saturated carbocycles. The van der Waals surface area contributed by atoms with Crippen molar-refractivity contribution < 1.29 is 24.6 Å². The highest BCUT2D eigenvalue weighted by atomic mass is 16.4. The van der Waals surface area contributed by atoms with Gasteiger partial charge in [0.15, 0.2) is 0 Å². The van der Waals surface area contributed by atoms with Crippen LogP contribution in [0.4, 0.5) is 4.79 Å². The number of carboxylic acids is 1. The molecule has 0 bridgehead atoms. The lowest BCUT2D eigenvalue weighted by Crippen LogP contribution is -2.41. The zero-order chi connectivity index (χ0) is 9.72. The number of nitrogens with one attached hydrogen (secondary N) is 1. The second-order valence-electron chi connectivity index (χ2n) is 2.25. The van der Waals surface area contributed by atoms with Crippen LogP contribution in [0.3, 0.4) is 0 Å². The molecule has 0 aliphatic heterocycles. The minimum absolute atomic E-state index is 0.332. The van der Waals surface area contributed by atoms with Crippen molar-refractivity contribution in [3.63, 3.8) is 0 Å². The molecule has 0 aliphatic carbocycles. The fourth-order valence-corrected chi connectivity index (χ4v) is 0.637. The van der Waals surface area contributed by atoms with Gasteiger partial charge >= 0.3 is 12.1 Å². The summed E-state index contributed by atoms with van der Waals surface area (Å²) in [5.41, 5.74) is 0. The van der Waals surface area contributed by atoms with Gasteiger partial charge in [0.1, 0.15) is 11.8 Å². The van der Waals surface area contributed by atoms with Crippen LogP contribution >= 0.6 is 0 Å². The maximum atomic E-state index is 10.4. The molecule has 0 radical (unpaired) electrons. The highest BCUT2D eigenvalue weighted by Crippen LogP contribution is 1.93. The van der Waals surface area contributed by atoms with Crippen LogP contribution in [0.5, 0.6) is 0 Å². The molecule has 0 aromatic heterocycles. The summed E-state index contributed by atoms with van der Waals surface area (Å²) in [5, 5.41) is 18.3. The average Bonchev–Trinajstić information content (AvgIpc) is 1.83. The smallest absolute Gasteiger partial charge is 0.405 e. The van der Waals surface area contributed by atoms with E-state index in [0.29, 0.717) is 0 Å².